The van der Waals surface area contributed by atoms with Crippen LogP contribution in [0.1, 0.15) is 65.2 Å². The van der Waals surface area contributed by atoms with Gasteiger partial charge in [-0.2, -0.15) is 0 Å². The molecule has 5 amide bonds. The van der Waals surface area contributed by atoms with Gasteiger partial charge >= 0.3 is 5.97 Å². The van der Waals surface area contributed by atoms with E-state index in [1.54, 1.807) is 0 Å². The van der Waals surface area contributed by atoms with Crippen LogP contribution >= 0.6 is 0 Å². The SMILES string of the molecule is CCCCCCC(NC(=O)CCCC(=O)NCC(=O)NCC(=O)NCC(=O)NC(C=O)C(=O)O)C(C)=O. The predicted molar refractivity (Wildman–Crippen MR) is 130 cm³/mol. The Morgan fingerprint density at radius 1 is 0.703 bits per heavy atom. The summed E-state index contributed by atoms with van der Waals surface area (Å²) in [5.41, 5.74) is 0. The first-order valence-corrected chi connectivity index (χ1v) is 12.1. The topological polar surface area (TPSA) is 217 Å². The van der Waals surface area contributed by atoms with Gasteiger partial charge < -0.3 is 36.5 Å². The molecule has 0 aromatic rings. The van der Waals surface area contributed by atoms with E-state index in [1.165, 1.54) is 6.92 Å². The fourth-order valence-electron chi connectivity index (χ4n) is 2.96. The molecule has 6 N–H and O–H groups in total. The number of nitrogens with one attached hydrogen (secondary N) is 5. The fraction of sp³-hybridized carbons (Fsp3) is 0.652. The third kappa shape index (κ3) is 17.3. The number of carbonyl (C=O) groups excluding carboxylic acids is 7. The van der Waals surface area contributed by atoms with Gasteiger partial charge in [0.25, 0.3) is 0 Å². The van der Waals surface area contributed by atoms with Gasteiger partial charge in [-0.3, -0.25) is 28.8 Å². The molecule has 0 heterocycles. The number of carboxylic acid groups (broad SMARTS) is 1. The molecular weight excluding hydrogens is 490 g/mol. The summed E-state index contributed by atoms with van der Waals surface area (Å²) < 4.78 is 0. The summed E-state index contributed by atoms with van der Waals surface area (Å²) in [5.74, 6) is -4.82. The zero-order valence-corrected chi connectivity index (χ0v) is 21.2. The van der Waals surface area contributed by atoms with E-state index >= 15 is 0 Å². The summed E-state index contributed by atoms with van der Waals surface area (Å²) in [5, 5.41) is 19.9. The van der Waals surface area contributed by atoms with Crippen molar-refractivity contribution in [1.29, 1.82) is 0 Å². The third-order valence-electron chi connectivity index (χ3n) is 5.04. The van der Waals surface area contributed by atoms with Crippen LogP contribution in [0, 0.1) is 0 Å². The van der Waals surface area contributed by atoms with Crippen molar-refractivity contribution in [2.45, 2.75) is 77.3 Å². The minimum atomic E-state index is -1.74. The molecule has 0 aromatic carbocycles. The second-order valence-corrected chi connectivity index (χ2v) is 8.28. The molecule has 0 bridgehead atoms. The summed E-state index contributed by atoms with van der Waals surface area (Å²) >= 11 is 0. The van der Waals surface area contributed by atoms with Gasteiger partial charge in [-0.15, -0.1) is 0 Å². The number of amides is 5. The Morgan fingerprint density at radius 3 is 1.76 bits per heavy atom. The van der Waals surface area contributed by atoms with Crippen molar-refractivity contribution in [1.82, 2.24) is 26.6 Å². The van der Waals surface area contributed by atoms with Crippen molar-refractivity contribution in [2.75, 3.05) is 19.6 Å². The van der Waals surface area contributed by atoms with E-state index in [9.17, 15) is 38.4 Å². The van der Waals surface area contributed by atoms with Crippen LogP contribution in [-0.4, -0.2) is 84.4 Å². The third-order valence-corrected chi connectivity index (χ3v) is 5.04. The zero-order chi connectivity index (χ0) is 28.2. The van der Waals surface area contributed by atoms with Gasteiger partial charge in [-0.25, -0.2) is 4.79 Å². The summed E-state index contributed by atoms with van der Waals surface area (Å²) in [6, 6.07) is -2.27. The van der Waals surface area contributed by atoms with E-state index in [0.29, 0.717) is 6.42 Å². The number of ketones is 1. The Balaban J connectivity index is 4.08. The quantitative estimate of drug-likeness (QED) is 0.0604. The van der Waals surface area contributed by atoms with E-state index in [-0.39, 0.29) is 37.2 Å². The van der Waals surface area contributed by atoms with Crippen molar-refractivity contribution in [2.24, 2.45) is 0 Å². The van der Waals surface area contributed by atoms with Crippen LogP contribution in [0.15, 0.2) is 0 Å². The molecule has 0 aliphatic heterocycles. The number of carbonyl (C=O) groups is 8. The van der Waals surface area contributed by atoms with Crippen LogP contribution in [0.3, 0.4) is 0 Å². The summed E-state index contributed by atoms with van der Waals surface area (Å²) in [6.07, 6.45) is 4.81. The summed E-state index contributed by atoms with van der Waals surface area (Å²) in [4.78, 5) is 91.7. The molecule has 0 aromatic heterocycles. The predicted octanol–water partition coefficient (Wildman–Crippen LogP) is -1.68. The second-order valence-electron chi connectivity index (χ2n) is 8.28. The molecule has 0 fully saturated rings. The molecule has 0 rings (SSSR count). The normalized spacial score (nSPS) is 11.8. The molecule has 0 radical (unpaired) electrons. The van der Waals surface area contributed by atoms with Gasteiger partial charge in [-0.05, 0) is 19.8 Å². The number of rotatable bonds is 20. The lowest BCUT2D eigenvalue weighted by Crippen LogP contribution is -2.48. The molecule has 208 valence electrons. The van der Waals surface area contributed by atoms with Gasteiger partial charge in [0.2, 0.25) is 29.5 Å². The highest BCUT2D eigenvalue weighted by Gasteiger charge is 2.19. The molecule has 2 atom stereocenters. The highest BCUT2D eigenvalue weighted by atomic mass is 16.4. The number of Topliss-reactive ketones (excluding diaryl/α,β-unsaturated/α-hetero) is 1. The maximum atomic E-state index is 12.1. The fourth-order valence-corrected chi connectivity index (χ4v) is 2.96. The van der Waals surface area contributed by atoms with Crippen LogP contribution in [0.2, 0.25) is 0 Å². The van der Waals surface area contributed by atoms with Crippen molar-refractivity contribution in [3.63, 3.8) is 0 Å². The molecule has 14 heteroatoms. The Bertz CT molecular complexity index is 831. The van der Waals surface area contributed by atoms with E-state index in [2.05, 4.69) is 28.2 Å². The lowest BCUT2D eigenvalue weighted by Gasteiger charge is -2.15. The minimum absolute atomic E-state index is 0.0182. The Kier molecular flexibility index (Phi) is 17.4. The van der Waals surface area contributed by atoms with Crippen LogP contribution in [0.5, 0.6) is 0 Å². The highest BCUT2D eigenvalue weighted by molar-refractivity contribution is 5.97. The van der Waals surface area contributed by atoms with Gasteiger partial charge in [0.1, 0.15) is 0 Å². The van der Waals surface area contributed by atoms with Crippen molar-refractivity contribution < 1.29 is 43.5 Å². The van der Waals surface area contributed by atoms with E-state index in [1.807, 2.05) is 5.32 Å². The van der Waals surface area contributed by atoms with Crippen LogP contribution < -0.4 is 26.6 Å². The van der Waals surface area contributed by atoms with Crippen LogP contribution in [0.25, 0.3) is 0 Å². The molecule has 2 unspecified atom stereocenters. The molecule has 0 aliphatic carbocycles. The molecule has 37 heavy (non-hydrogen) atoms. The maximum absolute atomic E-state index is 12.1. The lowest BCUT2D eigenvalue weighted by molar-refractivity contribution is -0.143. The second kappa shape index (κ2) is 19.4. The highest BCUT2D eigenvalue weighted by Crippen LogP contribution is 2.07. The van der Waals surface area contributed by atoms with Crippen LogP contribution in [-0.2, 0) is 38.4 Å². The summed E-state index contributed by atoms with van der Waals surface area (Å²) in [7, 11) is 0. The van der Waals surface area contributed by atoms with Crippen LogP contribution in [0.4, 0.5) is 0 Å². The summed E-state index contributed by atoms with van der Waals surface area (Å²) in [6.45, 7) is 1.98. The number of aldehydes is 1. The van der Waals surface area contributed by atoms with E-state index in [4.69, 9.17) is 5.11 Å². The van der Waals surface area contributed by atoms with Gasteiger partial charge in [0, 0.05) is 12.8 Å². The van der Waals surface area contributed by atoms with Gasteiger partial charge in [0.15, 0.2) is 18.1 Å². The first-order chi connectivity index (χ1) is 17.5. The molecule has 0 spiro atoms. The number of hydrogen-bond acceptors (Lipinski definition) is 8. The van der Waals surface area contributed by atoms with E-state index in [0.717, 1.165) is 25.7 Å². The Morgan fingerprint density at radius 2 is 1.24 bits per heavy atom. The van der Waals surface area contributed by atoms with E-state index < -0.39 is 61.3 Å². The minimum Gasteiger partial charge on any atom is -0.479 e. The van der Waals surface area contributed by atoms with Crippen molar-refractivity contribution >= 4 is 47.6 Å². The first kappa shape index (κ1) is 33.2. The zero-order valence-electron chi connectivity index (χ0n) is 21.2. The molecule has 0 saturated heterocycles. The molecule has 0 aliphatic rings. The smallest absolute Gasteiger partial charge is 0.333 e. The molecule has 14 nitrogen and oxygen atoms in total. The Labute approximate surface area is 215 Å². The molecule has 0 saturated carbocycles. The molecular formula is C23H37N5O9. The first-order valence-electron chi connectivity index (χ1n) is 12.1. The largest absolute Gasteiger partial charge is 0.479 e. The van der Waals surface area contributed by atoms with Crippen molar-refractivity contribution in [3.05, 3.63) is 0 Å². The standard InChI is InChI=1S/C23H37N5O9/c1-3-4-5-6-8-16(15(2)30)27-19(32)10-7-9-18(31)24-11-20(33)25-12-21(34)26-13-22(35)28-17(14-29)23(36)37/h14,16-17H,3-13H2,1-2H3,(H,24,31)(H,25,33)(H,26,34)(H,27,32)(H,28,35)(H,36,37). The Hall–Kier alpha value is -3.84. The number of unbranched alkanes of at least 4 members (excludes halogenated alkanes) is 3. The number of carboxylic acids is 1. The van der Waals surface area contributed by atoms with Gasteiger partial charge in [0.05, 0.1) is 25.7 Å². The number of aliphatic carboxylic acids is 1. The number of hydrogen-bond donors (Lipinski definition) is 6. The monoisotopic (exact) mass is 527 g/mol. The van der Waals surface area contributed by atoms with Gasteiger partial charge in [-0.1, -0.05) is 32.6 Å². The average Bonchev–Trinajstić information content (AvgIpc) is 2.84. The average molecular weight is 528 g/mol. The van der Waals surface area contributed by atoms with Crippen molar-refractivity contribution in [3.8, 4) is 0 Å². The lowest BCUT2D eigenvalue weighted by atomic mass is 10.0. The maximum Gasteiger partial charge on any atom is 0.333 e.